The van der Waals surface area contributed by atoms with E-state index in [1.807, 2.05) is 39.8 Å². The number of nitrogens with zero attached hydrogens (tertiary/aromatic N) is 1. The maximum absolute atomic E-state index is 12.5. The Morgan fingerprint density at radius 2 is 1.52 bits per heavy atom. The third kappa shape index (κ3) is 2.89. The van der Waals surface area contributed by atoms with Gasteiger partial charge in [-0.15, -0.1) is 0 Å². The molecular weight excluding hydrogens is 262 g/mol. The topological polar surface area (TPSA) is 37.4 Å². The number of fused-ring (bicyclic) bond motifs is 2. The fraction of sp³-hybridized carbons (Fsp3) is 0.667. The second-order valence-electron chi connectivity index (χ2n) is 6.57. The van der Waals surface area contributed by atoms with Crippen LogP contribution in [0.1, 0.15) is 47.0 Å². The van der Waals surface area contributed by atoms with Crippen molar-refractivity contribution >= 4 is 11.6 Å². The number of hydrogen-bond acceptors (Lipinski definition) is 3. The van der Waals surface area contributed by atoms with Crippen LogP contribution in [0.15, 0.2) is 23.3 Å². The minimum Gasteiger partial charge on any atom is -0.300 e. The van der Waals surface area contributed by atoms with Crippen molar-refractivity contribution in [1.82, 2.24) is 4.90 Å². The Balaban J connectivity index is 2.18. The molecule has 0 aliphatic carbocycles. The van der Waals surface area contributed by atoms with Gasteiger partial charge in [-0.2, -0.15) is 0 Å². The lowest BCUT2D eigenvalue weighted by Crippen LogP contribution is -2.44. The van der Waals surface area contributed by atoms with E-state index in [2.05, 4.69) is 11.9 Å². The van der Waals surface area contributed by atoms with E-state index >= 15 is 0 Å². The summed E-state index contributed by atoms with van der Waals surface area (Å²) < 4.78 is 0. The quantitative estimate of drug-likeness (QED) is 0.746. The van der Waals surface area contributed by atoms with Crippen molar-refractivity contribution in [3.05, 3.63) is 23.3 Å². The van der Waals surface area contributed by atoms with E-state index in [1.165, 1.54) is 0 Å². The maximum Gasteiger partial charge on any atom is 0.162 e. The number of piperidine rings is 1. The van der Waals surface area contributed by atoms with Crippen molar-refractivity contribution in [2.45, 2.75) is 59.0 Å². The van der Waals surface area contributed by atoms with Crippen molar-refractivity contribution in [3.63, 3.8) is 0 Å². The molecular formula is C18H27NO2. The third-order valence-corrected chi connectivity index (χ3v) is 5.52. The molecule has 21 heavy (non-hydrogen) atoms. The fourth-order valence-electron chi connectivity index (χ4n) is 3.88. The molecule has 2 rings (SSSR count). The van der Waals surface area contributed by atoms with Gasteiger partial charge in [0.05, 0.1) is 0 Å². The summed E-state index contributed by atoms with van der Waals surface area (Å²) >= 11 is 0. The Hall–Kier alpha value is -1.22. The zero-order valence-electron chi connectivity index (χ0n) is 13.8. The smallest absolute Gasteiger partial charge is 0.162 e. The first-order valence-corrected chi connectivity index (χ1v) is 7.96. The predicted octanol–water partition coefficient (Wildman–Crippen LogP) is 3.16. The molecule has 2 saturated heterocycles. The number of Topliss-reactive ketones (excluding diaryl/α,β-unsaturated/α-hetero) is 2. The molecule has 2 heterocycles. The summed E-state index contributed by atoms with van der Waals surface area (Å²) in [5.74, 6) is 0.709. The molecule has 0 amide bonds. The van der Waals surface area contributed by atoms with Crippen LogP contribution in [-0.2, 0) is 9.59 Å². The molecule has 4 atom stereocenters. The highest BCUT2D eigenvalue weighted by atomic mass is 16.1. The van der Waals surface area contributed by atoms with Gasteiger partial charge in [-0.1, -0.05) is 12.2 Å². The standard InChI is InChI=1S/C18H27NO2/c1-6-11(3)17(20)13-8-14-10-15(16(9-13)19(14)5)18(21)12(4)7-2/h6-7,13-16H,8-10H2,1-5H3. The van der Waals surface area contributed by atoms with Gasteiger partial charge in [0.15, 0.2) is 11.6 Å². The predicted molar refractivity (Wildman–Crippen MR) is 85.0 cm³/mol. The SMILES string of the molecule is CC=C(C)C(=O)C1CC2CC(C(=O)C(C)=CC)C(C1)N2C. The van der Waals surface area contributed by atoms with Gasteiger partial charge in [-0.05, 0) is 65.2 Å². The van der Waals surface area contributed by atoms with Gasteiger partial charge < -0.3 is 0 Å². The Morgan fingerprint density at radius 1 is 0.952 bits per heavy atom. The lowest BCUT2D eigenvalue weighted by Gasteiger charge is -2.36. The number of ketones is 2. The molecule has 2 aliphatic heterocycles. The van der Waals surface area contributed by atoms with Crippen molar-refractivity contribution in [2.24, 2.45) is 11.8 Å². The van der Waals surface area contributed by atoms with Crippen LogP contribution in [0.25, 0.3) is 0 Å². The molecule has 3 heteroatoms. The van der Waals surface area contributed by atoms with Crippen molar-refractivity contribution < 1.29 is 9.59 Å². The van der Waals surface area contributed by atoms with E-state index in [9.17, 15) is 9.59 Å². The molecule has 2 fully saturated rings. The Kier molecular flexibility index (Phi) is 4.82. The van der Waals surface area contributed by atoms with Crippen LogP contribution < -0.4 is 0 Å². The van der Waals surface area contributed by atoms with Gasteiger partial charge in [0.2, 0.25) is 0 Å². The lowest BCUT2D eigenvalue weighted by molar-refractivity contribution is -0.123. The highest BCUT2D eigenvalue weighted by Crippen LogP contribution is 2.43. The second kappa shape index (κ2) is 6.27. The molecule has 0 aromatic heterocycles. The van der Waals surface area contributed by atoms with Crippen molar-refractivity contribution in [3.8, 4) is 0 Å². The average molecular weight is 289 g/mol. The largest absolute Gasteiger partial charge is 0.300 e. The van der Waals surface area contributed by atoms with Gasteiger partial charge >= 0.3 is 0 Å². The van der Waals surface area contributed by atoms with E-state index in [0.717, 1.165) is 30.4 Å². The van der Waals surface area contributed by atoms with E-state index in [-0.39, 0.29) is 29.4 Å². The van der Waals surface area contributed by atoms with Crippen molar-refractivity contribution in [1.29, 1.82) is 0 Å². The summed E-state index contributed by atoms with van der Waals surface area (Å²) in [6.07, 6.45) is 6.43. The molecule has 3 nitrogen and oxygen atoms in total. The monoisotopic (exact) mass is 289 g/mol. The summed E-state index contributed by atoms with van der Waals surface area (Å²) in [4.78, 5) is 27.3. The number of carbonyl (C=O) groups is 2. The molecule has 0 aromatic carbocycles. The molecule has 0 N–H and O–H groups in total. The molecule has 0 radical (unpaired) electrons. The van der Waals surface area contributed by atoms with Gasteiger partial charge in [-0.3, -0.25) is 14.5 Å². The zero-order valence-corrected chi connectivity index (χ0v) is 13.8. The Morgan fingerprint density at radius 3 is 2.10 bits per heavy atom. The summed E-state index contributed by atoms with van der Waals surface area (Å²) in [5.41, 5.74) is 1.71. The van der Waals surface area contributed by atoms with E-state index < -0.39 is 0 Å². The molecule has 2 bridgehead atoms. The highest BCUT2D eigenvalue weighted by molar-refractivity contribution is 5.98. The van der Waals surface area contributed by atoms with Gasteiger partial charge in [0, 0.05) is 23.9 Å². The van der Waals surface area contributed by atoms with Crippen LogP contribution in [0.2, 0.25) is 0 Å². The number of rotatable bonds is 4. The molecule has 0 spiro atoms. The van der Waals surface area contributed by atoms with E-state index in [0.29, 0.717) is 6.04 Å². The molecule has 116 valence electrons. The van der Waals surface area contributed by atoms with E-state index in [4.69, 9.17) is 0 Å². The van der Waals surface area contributed by atoms with Gasteiger partial charge in [0.25, 0.3) is 0 Å². The second-order valence-corrected chi connectivity index (χ2v) is 6.57. The Bertz CT molecular complexity index is 501. The van der Waals surface area contributed by atoms with Crippen LogP contribution in [0.5, 0.6) is 0 Å². The summed E-state index contributed by atoms with van der Waals surface area (Å²) in [6.45, 7) is 7.63. The minimum absolute atomic E-state index is 0.0694. The van der Waals surface area contributed by atoms with Crippen molar-refractivity contribution in [2.75, 3.05) is 7.05 Å². The first-order valence-electron chi connectivity index (χ1n) is 7.96. The third-order valence-electron chi connectivity index (χ3n) is 5.52. The summed E-state index contributed by atoms with van der Waals surface area (Å²) in [5, 5.41) is 0. The first kappa shape index (κ1) is 16.2. The summed E-state index contributed by atoms with van der Waals surface area (Å²) in [7, 11) is 2.11. The minimum atomic E-state index is 0.0694. The number of hydrogen-bond donors (Lipinski definition) is 0. The van der Waals surface area contributed by atoms with Gasteiger partial charge in [-0.25, -0.2) is 0 Å². The molecule has 0 saturated carbocycles. The van der Waals surface area contributed by atoms with E-state index in [1.54, 1.807) is 0 Å². The van der Waals surface area contributed by atoms with Crippen LogP contribution in [-0.4, -0.2) is 35.6 Å². The van der Waals surface area contributed by atoms with Crippen LogP contribution in [0.4, 0.5) is 0 Å². The first-order chi connectivity index (χ1) is 9.90. The molecule has 0 aromatic rings. The zero-order chi connectivity index (χ0) is 15.7. The van der Waals surface area contributed by atoms with Crippen LogP contribution >= 0.6 is 0 Å². The lowest BCUT2D eigenvalue weighted by atomic mass is 9.83. The normalized spacial score (nSPS) is 34.1. The van der Waals surface area contributed by atoms with Crippen LogP contribution in [0, 0.1) is 11.8 Å². The molecule has 2 aliphatic rings. The summed E-state index contributed by atoms with van der Waals surface area (Å²) in [6, 6.07) is 0.603. The Labute approximate surface area is 128 Å². The average Bonchev–Trinajstić information content (AvgIpc) is 2.68. The highest BCUT2D eigenvalue weighted by Gasteiger charge is 2.48. The van der Waals surface area contributed by atoms with Crippen LogP contribution in [0.3, 0.4) is 0 Å². The maximum atomic E-state index is 12.5. The van der Waals surface area contributed by atoms with Gasteiger partial charge in [0.1, 0.15) is 0 Å². The molecule has 4 unspecified atom stereocenters. The number of allylic oxidation sites excluding steroid dienone is 4. The fourth-order valence-corrected chi connectivity index (χ4v) is 3.88. The number of carbonyl (C=O) groups excluding carboxylic acids is 2.